The van der Waals surface area contributed by atoms with Crippen molar-refractivity contribution in [2.24, 2.45) is 17.8 Å². The van der Waals surface area contributed by atoms with E-state index >= 15 is 0 Å². The summed E-state index contributed by atoms with van der Waals surface area (Å²) in [6, 6.07) is 0. The summed E-state index contributed by atoms with van der Waals surface area (Å²) in [6.45, 7) is 2.31. The Bertz CT molecular complexity index is 428. The first kappa shape index (κ1) is 14.8. The second-order valence-electron chi connectivity index (χ2n) is 6.02. The number of carboxylic acid groups (broad SMARTS) is 1. The molecule has 2 atom stereocenters. The number of hydrogen-bond donors (Lipinski definition) is 1. The zero-order valence-corrected chi connectivity index (χ0v) is 12.2. The van der Waals surface area contributed by atoms with Crippen LogP contribution in [0.2, 0.25) is 0 Å². The molecule has 0 amide bonds. The van der Waals surface area contributed by atoms with Gasteiger partial charge in [0.1, 0.15) is 0 Å². The standard InChI is InChI=1S/C13H23NO4S/c1-10-7-14(8-12(10)13(15)16)19(17,18)9-11-5-3-2-4-6-11/h10-12H,2-9H2,1H3,(H,15,16). The molecule has 0 aromatic heterocycles. The van der Waals surface area contributed by atoms with Crippen LogP contribution in [0.1, 0.15) is 39.0 Å². The predicted octanol–water partition coefficient (Wildman–Crippen LogP) is 1.55. The molecule has 6 heteroatoms. The van der Waals surface area contributed by atoms with Gasteiger partial charge in [-0.2, -0.15) is 0 Å². The Balaban J connectivity index is 1.98. The molecule has 1 aliphatic carbocycles. The molecule has 0 bridgehead atoms. The molecule has 0 radical (unpaired) electrons. The maximum atomic E-state index is 12.3. The average molecular weight is 289 g/mol. The van der Waals surface area contributed by atoms with Crippen molar-refractivity contribution in [2.75, 3.05) is 18.8 Å². The van der Waals surface area contributed by atoms with Crippen molar-refractivity contribution in [1.29, 1.82) is 0 Å². The van der Waals surface area contributed by atoms with Gasteiger partial charge in [0.05, 0.1) is 11.7 Å². The summed E-state index contributed by atoms with van der Waals surface area (Å²) in [5.41, 5.74) is 0. The number of sulfonamides is 1. The molecule has 1 aliphatic heterocycles. The van der Waals surface area contributed by atoms with E-state index in [4.69, 9.17) is 5.11 Å². The number of carbonyl (C=O) groups is 1. The van der Waals surface area contributed by atoms with Crippen LogP contribution in [0.5, 0.6) is 0 Å². The summed E-state index contributed by atoms with van der Waals surface area (Å²) in [6.07, 6.45) is 5.43. The second-order valence-corrected chi connectivity index (χ2v) is 8.04. The molecule has 110 valence electrons. The van der Waals surface area contributed by atoms with Crippen LogP contribution in [0.3, 0.4) is 0 Å². The molecule has 1 saturated heterocycles. The Morgan fingerprint density at radius 3 is 2.37 bits per heavy atom. The van der Waals surface area contributed by atoms with Crippen LogP contribution >= 0.6 is 0 Å². The van der Waals surface area contributed by atoms with Crippen LogP contribution in [0.15, 0.2) is 0 Å². The average Bonchev–Trinajstić information content (AvgIpc) is 2.73. The lowest BCUT2D eigenvalue weighted by atomic mass is 9.91. The minimum absolute atomic E-state index is 0.0985. The Morgan fingerprint density at radius 1 is 1.21 bits per heavy atom. The van der Waals surface area contributed by atoms with Gasteiger partial charge in [0.15, 0.2) is 0 Å². The lowest BCUT2D eigenvalue weighted by molar-refractivity contribution is -0.142. The zero-order valence-electron chi connectivity index (χ0n) is 11.4. The lowest BCUT2D eigenvalue weighted by Crippen LogP contribution is -2.34. The SMILES string of the molecule is CC1CN(S(=O)(=O)CC2CCCCC2)CC1C(=O)O. The van der Waals surface area contributed by atoms with Gasteiger partial charge in [0.25, 0.3) is 0 Å². The lowest BCUT2D eigenvalue weighted by Gasteiger charge is -2.24. The Kier molecular flexibility index (Phi) is 4.50. The summed E-state index contributed by atoms with van der Waals surface area (Å²) in [4.78, 5) is 11.1. The van der Waals surface area contributed by atoms with Crippen LogP contribution in [-0.4, -0.2) is 42.6 Å². The fourth-order valence-corrected chi connectivity index (χ4v) is 5.22. The minimum atomic E-state index is -3.29. The minimum Gasteiger partial charge on any atom is -0.481 e. The molecular formula is C13H23NO4S. The van der Waals surface area contributed by atoms with Crippen molar-refractivity contribution in [3.05, 3.63) is 0 Å². The van der Waals surface area contributed by atoms with Crippen molar-refractivity contribution < 1.29 is 18.3 Å². The molecule has 0 aromatic rings. The van der Waals surface area contributed by atoms with Crippen molar-refractivity contribution in [3.8, 4) is 0 Å². The third kappa shape index (κ3) is 3.48. The van der Waals surface area contributed by atoms with E-state index in [1.807, 2.05) is 6.92 Å². The first-order valence-electron chi connectivity index (χ1n) is 7.11. The van der Waals surface area contributed by atoms with Crippen LogP contribution in [0.4, 0.5) is 0 Å². The molecule has 2 fully saturated rings. The van der Waals surface area contributed by atoms with Gasteiger partial charge in [0, 0.05) is 13.1 Å². The Hall–Kier alpha value is -0.620. The first-order chi connectivity index (χ1) is 8.90. The number of rotatable bonds is 4. The molecule has 0 aromatic carbocycles. The third-order valence-corrected chi connectivity index (χ3v) is 6.44. The number of hydrogen-bond acceptors (Lipinski definition) is 3. The smallest absolute Gasteiger partial charge is 0.308 e. The molecule has 2 rings (SSSR count). The maximum absolute atomic E-state index is 12.3. The van der Waals surface area contributed by atoms with Crippen LogP contribution in [-0.2, 0) is 14.8 Å². The molecule has 2 aliphatic rings. The normalized spacial score (nSPS) is 30.6. The third-order valence-electron chi connectivity index (χ3n) is 4.46. The maximum Gasteiger partial charge on any atom is 0.308 e. The van der Waals surface area contributed by atoms with Gasteiger partial charge in [-0.3, -0.25) is 4.79 Å². The predicted molar refractivity (Wildman–Crippen MR) is 72.2 cm³/mol. The van der Waals surface area contributed by atoms with Crippen LogP contribution in [0.25, 0.3) is 0 Å². The van der Waals surface area contributed by atoms with Gasteiger partial charge in [-0.1, -0.05) is 26.2 Å². The van der Waals surface area contributed by atoms with Crippen molar-refractivity contribution in [2.45, 2.75) is 39.0 Å². The summed E-state index contributed by atoms with van der Waals surface area (Å²) in [7, 11) is -3.29. The summed E-state index contributed by atoms with van der Waals surface area (Å²) < 4.78 is 26.1. The van der Waals surface area contributed by atoms with E-state index in [2.05, 4.69) is 0 Å². The largest absolute Gasteiger partial charge is 0.481 e. The Labute approximate surface area is 115 Å². The molecule has 1 saturated carbocycles. The molecule has 1 heterocycles. The topological polar surface area (TPSA) is 74.7 Å². The van der Waals surface area contributed by atoms with E-state index in [1.165, 1.54) is 10.7 Å². The molecule has 2 unspecified atom stereocenters. The number of nitrogens with zero attached hydrogens (tertiary/aromatic N) is 1. The van der Waals surface area contributed by atoms with E-state index in [0.717, 1.165) is 25.7 Å². The summed E-state index contributed by atoms with van der Waals surface area (Å²) in [5.74, 6) is -1.08. The van der Waals surface area contributed by atoms with Gasteiger partial charge in [-0.25, -0.2) is 12.7 Å². The van der Waals surface area contributed by atoms with E-state index in [1.54, 1.807) is 0 Å². The van der Waals surface area contributed by atoms with E-state index < -0.39 is 21.9 Å². The van der Waals surface area contributed by atoms with Crippen molar-refractivity contribution in [3.63, 3.8) is 0 Å². The molecule has 19 heavy (non-hydrogen) atoms. The van der Waals surface area contributed by atoms with Gasteiger partial charge < -0.3 is 5.11 Å². The molecule has 0 spiro atoms. The highest BCUT2D eigenvalue weighted by Gasteiger charge is 2.40. The van der Waals surface area contributed by atoms with Crippen molar-refractivity contribution >= 4 is 16.0 Å². The summed E-state index contributed by atoms with van der Waals surface area (Å²) in [5, 5.41) is 9.07. The van der Waals surface area contributed by atoms with Gasteiger partial charge in [0.2, 0.25) is 10.0 Å². The van der Waals surface area contributed by atoms with Gasteiger partial charge >= 0.3 is 5.97 Å². The number of carboxylic acids is 1. The Morgan fingerprint density at radius 2 is 1.84 bits per heavy atom. The quantitative estimate of drug-likeness (QED) is 0.852. The van der Waals surface area contributed by atoms with Crippen LogP contribution < -0.4 is 0 Å². The molecular weight excluding hydrogens is 266 g/mol. The number of aliphatic carboxylic acids is 1. The van der Waals surface area contributed by atoms with Gasteiger partial charge in [-0.05, 0) is 24.7 Å². The van der Waals surface area contributed by atoms with E-state index in [9.17, 15) is 13.2 Å². The van der Waals surface area contributed by atoms with Crippen molar-refractivity contribution in [1.82, 2.24) is 4.31 Å². The van der Waals surface area contributed by atoms with E-state index in [-0.39, 0.29) is 24.1 Å². The molecule has 1 N–H and O–H groups in total. The van der Waals surface area contributed by atoms with Gasteiger partial charge in [-0.15, -0.1) is 0 Å². The molecule has 5 nitrogen and oxygen atoms in total. The zero-order chi connectivity index (χ0) is 14.0. The monoisotopic (exact) mass is 289 g/mol. The first-order valence-corrected chi connectivity index (χ1v) is 8.71. The highest BCUT2D eigenvalue weighted by molar-refractivity contribution is 7.89. The van der Waals surface area contributed by atoms with Crippen LogP contribution in [0, 0.1) is 17.8 Å². The van der Waals surface area contributed by atoms with E-state index in [0.29, 0.717) is 6.54 Å². The highest BCUT2D eigenvalue weighted by Crippen LogP contribution is 2.29. The summed E-state index contributed by atoms with van der Waals surface area (Å²) >= 11 is 0. The second kappa shape index (κ2) is 5.79. The highest BCUT2D eigenvalue weighted by atomic mass is 32.2. The fraction of sp³-hybridized carbons (Fsp3) is 0.923. The fourth-order valence-electron chi connectivity index (χ4n) is 3.23.